The third kappa shape index (κ3) is 4.27. The first-order chi connectivity index (χ1) is 10.1. The van der Waals surface area contributed by atoms with Gasteiger partial charge >= 0.3 is 0 Å². The first-order valence-corrected chi connectivity index (χ1v) is 7.42. The molecule has 2 N–H and O–H groups in total. The van der Waals surface area contributed by atoms with E-state index in [1.807, 2.05) is 26.0 Å². The maximum atomic E-state index is 12.5. The zero-order valence-electron chi connectivity index (χ0n) is 13.4. The molecule has 0 bridgehead atoms. The molecule has 1 heterocycles. The van der Waals surface area contributed by atoms with Gasteiger partial charge in [-0.1, -0.05) is 0 Å². The normalized spacial score (nSPS) is 20.7. The number of hydrogen-bond acceptors (Lipinski definition) is 4. The maximum Gasteiger partial charge on any atom is 0.231 e. The van der Waals surface area contributed by atoms with Crippen LogP contribution in [0.25, 0.3) is 0 Å². The molecule has 1 saturated heterocycles. The summed E-state index contributed by atoms with van der Waals surface area (Å²) < 4.78 is 10.8. The van der Waals surface area contributed by atoms with Gasteiger partial charge in [-0.05, 0) is 45.4 Å². The highest BCUT2D eigenvalue weighted by Gasteiger charge is 2.34. The van der Waals surface area contributed by atoms with Crippen molar-refractivity contribution < 1.29 is 14.3 Å². The zero-order chi connectivity index (χ0) is 15.3. The largest absolute Gasteiger partial charge is 0.493 e. The smallest absolute Gasteiger partial charge is 0.231 e. The van der Waals surface area contributed by atoms with Crippen molar-refractivity contribution in [3.8, 4) is 11.5 Å². The van der Waals surface area contributed by atoms with Gasteiger partial charge in [0.1, 0.15) is 0 Å². The summed E-state index contributed by atoms with van der Waals surface area (Å²) in [6.07, 6.45) is 1.93. The molecule has 0 saturated carbocycles. The van der Waals surface area contributed by atoms with Crippen molar-refractivity contribution in [2.24, 2.45) is 5.41 Å². The fourth-order valence-electron chi connectivity index (χ4n) is 2.55. The zero-order valence-corrected chi connectivity index (χ0v) is 14.2. The Bertz CT molecular complexity index is 502. The number of nitrogens with one attached hydrogen (secondary N) is 2. The number of hydrogen-bond donors (Lipinski definition) is 2. The van der Waals surface area contributed by atoms with Crippen LogP contribution in [0.1, 0.15) is 26.7 Å². The lowest BCUT2D eigenvalue weighted by molar-refractivity contribution is -0.125. The van der Waals surface area contributed by atoms with E-state index < -0.39 is 0 Å². The van der Waals surface area contributed by atoms with E-state index in [0.717, 1.165) is 25.1 Å². The first-order valence-electron chi connectivity index (χ1n) is 7.42. The molecule has 1 atom stereocenters. The third-order valence-corrected chi connectivity index (χ3v) is 3.87. The molecule has 124 valence electrons. The Morgan fingerprint density at radius 3 is 2.77 bits per heavy atom. The average Bonchev–Trinajstić information content (AvgIpc) is 2.48. The Morgan fingerprint density at radius 1 is 1.41 bits per heavy atom. The number of anilines is 1. The van der Waals surface area contributed by atoms with Crippen LogP contribution in [0.2, 0.25) is 0 Å². The molecule has 22 heavy (non-hydrogen) atoms. The summed E-state index contributed by atoms with van der Waals surface area (Å²) in [5.41, 5.74) is 0.375. The van der Waals surface area contributed by atoms with Crippen molar-refractivity contribution in [3.63, 3.8) is 0 Å². The van der Waals surface area contributed by atoms with Crippen LogP contribution in [0, 0.1) is 5.41 Å². The number of benzene rings is 1. The molecule has 0 aliphatic carbocycles. The summed E-state index contributed by atoms with van der Waals surface area (Å²) in [7, 11) is 1.60. The van der Waals surface area contributed by atoms with E-state index in [1.165, 1.54) is 0 Å². The van der Waals surface area contributed by atoms with E-state index >= 15 is 0 Å². The summed E-state index contributed by atoms with van der Waals surface area (Å²) in [6, 6.07) is 5.45. The SMILES string of the molecule is CCOc1cc(NC(=O)C2(C)CCCNC2)ccc1OC.Cl. The average molecular weight is 329 g/mol. The molecule has 1 fully saturated rings. The minimum absolute atomic E-state index is 0. The van der Waals surface area contributed by atoms with Gasteiger partial charge < -0.3 is 20.1 Å². The highest BCUT2D eigenvalue weighted by atomic mass is 35.5. The number of methoxy groups -OCH3 is 1. The third-order valence-electron chi connectivity index (χ3n) is 3.87. The summed E-state index contributed by atoms with van der Waals surface area (Å²) in [6.45, 7) is 6.17. The molecule has 0 spiro atoms. The molecule has 1 aromatic carbocycles. The highest BCUT2D eigenvalue weighted by molar-refractivity contribution is 5.95. The fraction of sp³-hybridized carbons (Fsp3) is 0.562. The molecule has 0 radical (unpaired) electrons. The Balaban J connectivity index is 0.00000242. The van der Waals surface area contributed by atoms with Crippen molar-refractivity contribution in [2.75, 3.05) is 32.1 Å². The van der Waals surface area contributed by atoms with Gasteiger partial charge in [-0.3, -0.25) is 4.79 Å². The number of carbonyl (C=O) groups is 1. The van der Waals surface area contributed by atoms with Gasteiger partial charge in [-0.2, -0.15) is 0 Å². The lowest BCUT2D eigenvalue weighted by atomic mass is 9.82. The number of halogens is 1. The summed E-state index contributed by atoms with van der Waals surface area (Å²) in [4.78, 5) is 12.5. The summed E-state index contributed by atoms with van der Waals surface area (Å²) in [5.74, 6) is 1.35. The van der Waals surface area contributed by atoms with E-state index in [1.54, 1.807) is 13.2 Å². The Labute approximate surface area is 138 Å². The monoisotopic (exact) mass is 328 g/mol. The van der Waals surface area contributed by atoms with Gasteiger partial charge in [-0.25, -0.2) is 0 Å². The van der Waals surface area contributed by atoms with Crippen LogP contribution in [-0.4, -0.2) is 32.7 Å². The van der Waals surface area contributed by atoms with Gasteiger partial charge in [0.15, 0.2) is 11.5 Å². The second-order valence-corrected chi connectivity index (χ2v) is 5.59. The molecule has 1 aliphatic heterocycles. The van der Waals surface area contributed by atoms with E-state index in [0.29, 0.717) is 24.7 Å². The Morgan fingerprint density at radius 2 is 2.18 bits per heavy atom. The van der Waals surface area contributed by atoms with Crippen LogP contribution in [0.3, 0.4) is 0 Å². The van der Waals surface area contributed by atoms with Crippen molar-refractivity contribution in [2.45, 2.75) is 26.7 Å². The Kier molecular flexibility index (Phi) is 6.97. The van der Waals surface area contributed by atoms with Gasteiger partial charge in [0.05, 0.1) is 19.1 Å². The van der Waals surface area contributed by atoms with E-state index in [2.05, 4.69) is 10.6 Å². The van der Waals surface area contributed by atoms with Crippen LogP contribution in [-0.2, 0) is 4.79 Å². The molecule has 1 unspecified atom stereocenters. The second kappa shape index (κ2) is 8.25. The van der Waals surface area contributed by atoms with Crippen molar-refractivity contribution in [1.82, 2.24) is 5.32 Å². The van der Waals surface area contributed by atoms with Crippen LogP contribution in [0.4, 0.5) is 5.69 Å². The van der Waals surface area contributed by atoms with Crippen molar-refractivity contribution in [1.29, 1.82) is 0 Å². The summed E-state index contributed by atoms with van der Waals surface area (Å²) in [5, 5.41) is 6.27. The van der Waals surface area contributed by atoms with E-state index in [-0.39, 0.29) is 23.7 Å². The lowest BCUT2D eigenvalue weighted by Crippen LogP contribution is -2.46. The summed E-state index contributed by atoms with van der Waals surface area (Å²) >= 11 is 0. The van der Waals surface area contributed by atoms with Crippen molar-refractivity contribution in [3.05, 3.63) is 18.2 Å². The van der Waals surface area contributed by atoms with E-state index in [4.69, 9.17) is 9.47 Å². The predicted octanol–water partition coefficient (Wildman–Crippen LogP) is 2.84. The maximum absolute atomic E-state index is 12.5. The van der Waals surface area contributed by atoms with Crippen LogP contribution in [0.5, 0.6) is 11.5 Å². The number of piperidine rings is 1. The van der Waals surface area contributed by atoms with Gasteiger partial charge in [0.25, 0.3) is 0 Å². The molecular weight excluding hydrogens is 304 g/mol. The first kappa shape index (κ1) is 18.6. The minimum Gasteiger partial charge on any atom is -0.493 e. The van der Waals surface area contributed by atoms with Gasteiger partial charge in [-0.15, -0.1) is 12.4 Å². The number of ether oxygens (including phenoxy) is 2. The quantitative estimate of drug-likeness (QED) is 0.872. The second-order valence-electron chi connectivity index (χ2n) is 5.59. The number of amides is 1. The fourth-order valence-corrected chi connectivity index (χ4v) is 2.55. The molecular formula is C16H25ClN2O3. The highest BCUT2D eigenvalue weighted by Crippen LogP contribution is 2.32. The lowest BCUT2D eigenvalue weighted by Gasteiger charge is -2.32. The van der Waals surface area contributed by atoms with Gasteiger partial charge in [0.2, 0.25) is 5.91 Å². The van der Waals surface area contributed by atoms with Crippen molar-refractivity contribution >= 4 is 24.0 Å². The minimum atomic E-state index is -0.357. The molecule has 5 nitrogen and oxygen atoms in total. The molecule has 1 aliphatic rings. The molecule has 6 heteroatoms. The molecule has 1 aromatic rings. The molecule has 0 aromatic heterocycles. The van der Waals surface area contributed by atoms with Crippen LogP contribution >= 0.6 is 12.4 Å². The van der Waals surface area contributed by atoms with Crippen LogP contribution < -0.4 is 20.1 Å². The number of carbonyl (C=O) groups excluding carboxylic acids is 1. The predicted molar refractivity (Wildman–Crippen MR) is 90.3 cm³/mol. The molecule has 1 amide bonds. The topological polar surface area (TPSA) is 59.6 Å². The van der Waals surface area contributed by atoms with E-state index in [9.17, 15) is 4.79 Å². The molecule has 2 rings (SSSR count). The number of rotatable bonds is 5. The standard InChI is InChI=1S/C16H24N2O3.ClH/c1-4-21-14-10-12(6-7-13(14)20-3)18-15(19)16(2)8-5-9-17-11-16;/h6-7,10,17H,4-5,8-9,11H2,1-3H3,(H,18,19);1H. The van der Waals surface area contributed by atoms with Crippen LogP contribution in [0.15, 0.2) is 18.2 Å². The van der Waals surface area contributed by atoms with Gasteiger partial charge in [0, 0.05) is 18.3 Å². The Hall–Kier alpha value is -1.46.